The van der Waals surface area contributed by atoms with Gasteiger partial charge in [-0.3, -0.25) is 9.59 Å². The molecule has 7 heteroatoms. The van der Waals surface area contributed by atoms with Crippen molar-refractivity contribution >= 4 is 18.0 Å². The highest BCUT2D eigenvalue weighted by Crippen LogP contribution is 2.44. The van der Waals surface area contributed by atoms with Crippen LogP contribution in [0, 0.1) is 11.8 Å². The standard InChI is InChI=1S/C27H32N2O5/c1-16(2)13-24(25(30)28-18-12-11-17(14-18)26(31)32)29-27(33)34-15-23-21-9-5-3-7-19(21)20-8-4-6-10-22(20)23/h3-10,16-18,23-24H,11-15H2,1-2H3,(H,28,30)(H,29,33)(H,31,32)/t17?,18?,24-/m0/s1. The van der Waals surface area contributed by atoms with E-state index in [0.717, 1.165) is 22.3 Å². The van der Waals surface area contributed by atoms with E-state index in [1.807, 2.05) is 38.1 Å². The summed E-state index contributed by atoms with van der Waals surface area (Å²) in [6, 6.07) is 15.3. The predicted molar refractivity (Wildman–Crippen MR) is 128 cm³/mol. The summed E-state index contributed by atoms with van der Waals surface area (Å²) in [5.41, 5.74) is 4.56. The number of ether oxygens (including phenoxy) is 1. The first-order valence-electron chi connectivity index (χ1n) is 12.0. The summed E-state index contributed by atoms with van der Waals surface area (Å²) in [5.74, 6) is -1.42. The second kappa shape index (κ2) is 10.3. The third-order valence-electron chi connectivity index (χ3n) is 6.79. The molecule has 4 rings (SSSR count). The Kier molecular flexibility index (Phi) is 7.20. The van der Waals surface area contributed by atoms with Crippen LogP contribution in [0.1, 0.15) is 56.6 Å². The second-order valence-corrected chi connectivity index (χ2v) is 9.71. The van der Waals surface area contributed by atoms with Crippen molar-refractivity contribution in [2.45, 2.75) is 57.5 Å². The van der Waals surface area contributed by atoms with E-state index in [2.05, 4.69) is 34.9 Å². The van der Waals surface area contributed by atoms with Gasteiger partial charge in [-0.05, 0) is 53.9 Å². The molecule has 2 aromatic rings. The summed E-state index contributed by atoms with van der Waals surface area (Å²) in [4.78, 5) is 36.8. The van der Waals surface area contributed by atoms with Crippen molar-refractivity contribution < 1.29 is 24.2 Å². The number of fused-ring (bicyclic) bond motifs is 3. The number of carboxylic acid groups (broad SMARTS) is 1. The lowest BCUT2D eigenvalue weighted by atomic mass is 9.98. The van der Waals surface area contributed by atoms with Gasteiger partial charge in [0.05, 0.1) is 5.92 Å². The topological polar surface area (TPSA) is 105 Å². The van der Waals surface area contributed by atoms with Gasteiger partial charge in [-0.2, -0.15) is 0 Å². The molecule has 0 aliphatic heterocycles. The largest absolute Gasteiger partial charge is 0.481 e. The minimum absolute atomic E-state index is 0.0537. The average molecular weight is 465 g/mol. The fourth-order valence-electron chi connectivity index (χ4n) is 5.12. The summed E-state index contributed by atoms with van der Waals surface area (Å²) < 4.78 is 5.61. The van der Waals surface area contributed by atoms with Crippen molar-refractivity contribution in [3.63, 3.8) is 0 Å². The van der Waals surface area contributed by atoms with Crippen LogP contribution in [-0.2, 0) is 14.3 Å². The number of carbonyl (C=O) groups excluding carboxylic acids is 2. The lowest BCUT2D eigenvalue weighted by Gasteiger charge is -2.23. The van der Waals surface area contributed by atoms with Gasteiger partial charge in [0.1, 0.15) is 12.6 Å². The molecule has 2 aliphatic rings. The maximum Gasteiger partial charge on any atom is 0.407 e. The van der Waals surface area contributed by atoms with Crippen LogP contribution < -0.4 is 10.6 Å². The molecule has 0 radical (unpaired) electrons. The molecule has 2 aliphatic carbocycles. The Morgan fingerprint density at radius 3 is 2.18 bits per heavy atom. The number of hydrogen-bond donors (Lipinski definition) is 3. The number of aliphatic carboxylic acids is 1. The van der Waals surface area contributed by atoms with Crippen molar-refractivity contribution in [1.29, 1.82) is 0 Å². The molecule has 2 amide bonds. The molecule has 3 N–H and O–H groups in total. The van der Waals surface area contributed by atoms with E-state index in [1.165, 1.54) is 0 Å². The summed E-state index contributed by atoms with van der Waals surface area (Å²) in [5, 5.41) is 14.9. The van der Waals surface area contributed by atoms with Gasteiger partial charge in [0, 0.05) is 12.0 Å². The van der Waals surface area contributed by atoms with Crippen LogP contribution in [0.5, 0.6) is 0 Å². The Bertz CT molecular complexity index is 1020. The van der Waals surface area contributed by atoms with E-state index in [9.17, 15) is 19.5 Å². The zero-order chi connectivity index (χ0) is 24.2. The third-order valence-corrected chi connectivity index (χ3v) is 6.79. The van der Waals surface area contributed by atoms with E-state index < -0.39 is 24.0 Å². The SMILES string of the molecule is CC(C)C[C@H](NC(=O)OCC1c2ccccc2-c2ccccc21)C(=O)NC1CCC(C(=O)O)C1. The molecular weight excluding hydrogens is 432 g/mol. The van der Waals surface area contributed by atoms with Gasteiger partial charge in [-0.1, -0.05) is 62.4 Å². The van der Waals surface area contributed by atoms with Crippen LogP contribution in [0.4, 0.5) is 4.79 Å². The third kappa shape index (κ3) is 5.24. The van der Waals surface area contributed by atoms with Gasteiger partial charge in [0.15, 0.2) is 0 Å². The Hall–Kier alpha value is -3.35. The first-order chi connectivity index (χ1) is 16.3. The summed E-state index contributed by atoms with van der Waals surface area (Å²) in [6.45, 7) is 4.14. The van der Waals surface area contributed by atoms with E-state index in [1.54, 1.807) is 0 Å². The number of amides is 2. The number of carboxylic acids is 1. The van der Waals surface area contributed by atoms with Crippen LogP contribution in [-0.4, -0.2) is 41.8 Å². The lowest BCUT2D eigenvalue weighted by Crippen LogP contribution is -2.50. The summed E-state index contributed by atoms with van der Waals surface area (Å²) >= 11 is 0. The monoisotopic (exact) mass is 464 g/mol. The van der Waals surface area contributed by atoms with Gasteiger partial charge in [0.25, 0.3) is 0 Å². The molecule has 3 atom stereocenters. The minimum Gasteiger partial charge on any atom is -0.481 e. The van der Waals surface area contributed by atoms with Crippen molar-refractivity contribution in [3.8, 4) is 11.1 Å². The van der Waals surface area contributed by atoms with E-state index >= 15 is 0 Å². The fraction of sp³-hybridized carbons (Fsp3) is 0.444. The maximum absolute atomic E-state index is 12.9. The first kappa shape index (κ1) is 23.8. The second-order valence-electron chi connectivity index (χ2n) is 9.71. The number of benzene rings is 2. The van der Waals surface area contributed by atoms with E-state index in [-0.39, 0.29) is 30.4 Å². The number of nitrogens with one attached hydrogen (secondary N) is 2. The molecule has 2 aromatic carbocycles. The number of alkyl carbamates (subject to hydrolysis) is 1. The first-order valence-corrected chi connectivity index (χ1v) is 12.0. The molecule has 2 unspecified atom stereocenters. The normalized spacial score (nSPS) is 19.9. The zero-order valence-corrected chi connectivity index (χ0v) is 19.6. The lowest BCUT2D eigenvalue weighted by molar-refractivity contribution is -0.141. The molecule has 34 heavy (non-hydrogen) atoms. The molecule has 0 heterocycles. The molecule has 180 valence electrons. The van der Waals surface area contributed by atoms with Gasteiger partial charge in [-0.15, -0.1) is 0 Å². The minimum atomic E-state index is -0.827. The van der Waals surface area contributed by atoms with Crippen LogP contribution in [0.3, 0.4) is 0 Å². The number of hydrogen-bond acceptors (Lipinski definition) is 4. The molecule has 0 spiro atoms. The highest BCUT2D eigenvalue weighted by Gasteiger charge is 2.33. The molecule has 0 bridgehead atoms. The molecule has 1 fully saturated rings. The summed E-state index contributed by atoms with van der Waals surface area (Å²) in [6.07, 6.45) is 1.43. The molecule has 7 nitrogen and oxygen atoms in total. The van der Waals surface area contributed by atoms with Crippen LogP contribution in [0.2, 0.25) is 0 Å². The smallest absolute Gasteiger partial charge is 0.407 e. The maximum atomic E-state index is 12.9. The van der Waals surface area contributed by atoms with Crippen molar-refractivity contribution in [2.24, 2.45) is 11.8 Å². The molecular formula is C27H32N2O5. The Morgan fingerprint density at radius 2 is 1.62 bits per heavy atom. The Morgan fingerprint density at radius 1 is 1.00 bits per heavy atom. The molecule has 0 aromatic heterocycles. The van der Waals surface area contributed by atoms with Crippen LogP contribution in [0.15, 0.2) is 48.5 Å². The van der Waals surface area contributed by atoms with Gasteiger partial charge in [0.2, 0.25) is 5.91 Å². The Labute approximate surface area is 199 Å². The highest BCUT2D eigenvalue weighted by molar-refractivity contribution is 5.86. The van der Waals surface area contributed by atoms with Crippen LogP contribution in [0.25, 0.3) is 11.1 Å². The van der Waals surface area contributed by atoms with Crippen molar-refractivity contribution in [3.05, 3.63) is 59.7 Å². The fourth-order valence-corrected chi connectivity index (χ4v) is 5.12. The van der Waals surface area contributed by atoms with Gasteiger partial charge in [-0.25, -0.2) is 4.79 Å². The quantitative estimate of drug-likeness (QED) is 0.540. The average Bonchev–Trinajstić information content (AvgIpc) is 3.40. The van der Waals surface area contributed by atoms with Crippen LogP contribution >= 0.6 is 0 Å². The zero-order valence-electron chi connectivity index (χ0n) is 19.6. The van der Waals surface area contributed by atoms with Gasteiger partial charge >= 0.3 is 12.1 Å². The predicted octanol–water partition coefficient (Wildman–Crippen LogP) is 4.31. The summed E-state index contributed by atoms with van der Waals surface area (Å²) in [7, 11) is 0. The van der Waals surface area contributed by atoms with Crippen molar-refractivity contribution in [1.82, 2.24) is 10.6 Å². The highest BCUT2D eigenvalue weighted by atomic mass is 16.5. The van der Waals surface area contributed by atoms with E-state index in [0.29, 0.717) is 25.7 Å². The Balaban J connectivity index is 1.37. The molecule has 1 saturated carbocycles. The molecule has 0 saturated heterocycles. The number of rotatable bonds is 8. The van der Waals surface area contributed by atoms with Gasteiger partial charge < -0.3 is 20.5 Å². The van der Waals surface area contributed by atoms with Crippen molar-refractivity contribution in [2.75, 3.05) is 6.61 Å². The van der Waals surface area contributed by atoms with E-state index in [4.69, 9.17) is 4.74 Å². The number of carbonyl (C=O) groups is 3.